The zero-order valence-electron chi connectivity index (χ0n) is 3.39. The standard InChI is InChI=1S/C3H6S2.Sn.H/c4-3-1-5-2-3;;/h3-4H,1-2H2;;/q;+1;/p-1. The van der Waals surface area contributed by atoms with Crippen molar-refractivity contribution in [2.45, 2.75) is 5.25 Å². The molecule has 1 aliphatic rings. The third-order valence-corrected chi connectivity index (χ3v) is 6.51. The van der Waals surface area contributed by atoms with E-state index in [0.29, 0.717) is 0 Å². The summed E-state index contributed by atoms with van der Waals surface area (Å²) in [4.78, 5) is 0. The first kappa shape index (κ1) is 5.63. The van der Waals surface area contributed by atoms with Gasteiger partial charge in [0.15, 0.2) is 0 Å². The van der Waals surface area contributed by atoms with Crippen molar-refractivity contribution in [3.8, 4) is 0 Å². The Morgan fingerprint density at radius 3 is 2.33 bits per heavy atom. The quantitative estimate of drug-likeness (QED) is 0.601. The molecule has 6 heavy (non-hydrogen) atoms. The van der Waals surface area contributed by atoms with E-state index in [1.165, 1.54) is 32.6 Å². The molecule has 1 saturated heterocycles. The summed E-state index contributed by atoms with van der Waals surface area (Å²) in [5.74, 6) is 2.85. The van der Waals surface area contributed by atoms with Gasteiger partial charge in [0, 0.05) is 0 Å². The van der Waals surface area contributed by atoms with Gasteiger partial charge in [-0.1, -0.05) is 0 Å². The number of thioether (sulfide) groups is 1. The maximum atomic E-state index is 2.12. The van der Waals surface area contributed by atoms with E-state index in [1.807, 2.05) is 0 Å². The molecule has 0 aromatic heterocycles. The van der Waals surface area contributed by atoms with Crippen LogP contribution in [0.4, 0.5) is 0 Å². The van der Waals surface area contributed by atoms with Crippen LogP contribution in [0.3, 0.4) is 0 Å². The van der Waals surface area contributed by atoms with Crippen LogP contribution in [0.25, 0.3) is 0 Å². The van der Waals surface area contributed by atoms with E-state index in [4.69, 9.17) is 0 Å². The van der Waals surface area contributed by atoms with Crippen LogP contribution < -0.4 is 0 Å². The molecular weight excluding hydrogens is 219 g/mol. The topological polar surface area (TPSA) is 0 Å². The second-order valence-electron chi connectivity index (χ2n) is 1.30. The Morgan fingerprint density at radius 2 is 2.33 bits per heavy atom. The number of hydrogen-bond donors (Lipinski definition) is 0. The van der Waals surface area contributed by atoms with Gasteiger partial charge in [0.2, 0.25) is 0 Å². The van der Waals surface area contributed by atoms with Gasteiger partial charge in [0.05, 0.1) is 0 Å². The molecule has 1 rings (SSSR count). The predicted octanol–water partition coefficient (Wildman–Crippen LogP) is 0.651. The second-order valence-corrected chi connectivity index (χ2v) is 5.64. The molecule has 1 aliphatic heterocycles. The van der Waals surface area contributed by atoms with E-state index in [0.717, 1.165) is 5.25 Å². The summed E-state index contributed by atoms with van der Waals surface area (Å²) in [7, 11) is 2.12. The monoisotopic (exact) mass is 226 g/mol. The molecule has 0 atom stereocenters. The molecule has 0 aliphatic carbocycles. The molecule has 0 bridgehead atoms. The van der Waals surface area contributed by atoms with Gasteiger partial charge in [-0.25, -0.2) is 0 Å². The summed E-state index contributed by atoms with van der Waals surface area (Å²) in [5.41, 5.74) is 0. The van der Waals surface area contributed by atoms with E-state index < -0.39 is 0 Å². The van der Waals surface area contributed by atoms with Gasteiger partial charge in [-0.2, -0.15) is 0 Å². The first-order valence-electron chi connectivity index (χ1n) is 1.87. The summed E-state index contributed by atoms with van der Waals surface area (Å²) in [6.45, 7) is 0. The van der Waals surface area contributed by atoms with Gasteiger partial charge in [-0.05, 0) is 0 Å². The normalized spacial score (nSPS) is 23.5. The predicted molar refractivity (Wildman–Crippen MR) is 35.9 cm³/mol. The SMILES string of the molecule is [SnH][S]C1CSC1. The number of rotatable bonds is 1. The minimum absolute atomic E-state index is 1.05. The maximum absolute atomic E-state index is 2.12. The van der Waals surface area contributed by atoms with Crippen LogP contribution in [0, 0.1) is 0 Å². The Kier molecular flexibility index (Phi) is 2.55. The van der Waals surface area contributed by atoms with Crippen LogP contribution in [0.1, 0.15) is 0 Å². The first-order valence-corrected chi connectivity index (χ1v) is 8.00. The molecule has 1 fully saturated rings. The fourth-order valence-corrected chi connectivity index (χ4v) is 5.96. The van der Waals surface area contributed by atoms with Crippen LogP contribution in [-0.2, 0) is 0 Å². The third kappa shape index (κ3) is 1.23. The van der Waals surface area contributed by atoms with E-state index in [2.05, 4.69) is 20.7 Å². The fourth-order valence-electron chi connectivity index (χ4n) is 0.293. The van der Waals surface area contributed by atoms with E-state index >= 15 is 0 Å². The van der Waals surface area contributed by atoms with Crippen LogP contribution in [-0.4, -0.2) is 37.9 Å². The molecule has 3 heteroatoms. The van der Waals surface area contributed by atoms with E-state index in [9.17, 15) is 0 Å². The molecule has 34 valence electrons. The summed E-state index contributed by atoms with van der Waals surface area (Å²) < 4.78 is 0. The van der Waals surface area contributed by atoms with Gasteiger partial charge in [-0.3, -0.25) is 0 Å². The Hall–Kier alpha value is 1.50. The summed E-state index contributed by atoms with van der Waals surface area (Å²) >= 11 is 3.46. The Morgan fingerprint density at radius 1 is 1.67 bits per heavy atom. The molecule has 0 spiro atoms. The average Bonchev–Trinajstić information content (AvgIpc) is 1.31. The summed E-state index contributed by atoms with van der Waals surface area (Å²) in [6.07, 6.45) is 0. The molecule has 1 heterocycles. The summed E-state index contributed by atoms with van der Waals surface area (Å²) in [5, 5.41) is 1.05. The molecule has 0 unspecified atom stereocenters. The zero-order valence-corrected chi connectivity index (χ0v) is 8.31. The Bertz CT molecular complexity index is 41.3. The first-order chi connectivity index (χ1) is 2.93. The van der Waals surface area contributed by atoms with Crippen LogP contribution in [0.15, 0.2) is 0 Å². The summed E-state index contributed by atoms with van der Waals surface area (Å²) in [6, 6.07) is 0. The van der Waals surface area contributed by atoms with E-state index in [-0.39, 0.29) is 0 Å². The van der Waals surface area contributed by atoms with Crippen molar-refractivity contribution in [3.05, 3.63) is 0 Å². The van der Waals surface area contributed by atoms with Crippen molar-refractivity contribution in [1.29, 1.82) is 0 Å². The Balaban J connectivity index is 2.01. The van der Waals surface area contributed by atoms with Crippen LogP contribution in [0.2, 0.25) is 0 Å². The van der Waals surface area contributed by atoms with Crippen molar-refractivity contribution in [3.63, 3.8) is 0 Å². The third-order valence-electron chi connectivity index (χ3n) is 0.800. The molecule has 2 radical (unpaired) electrons. The van der Waals surface area contributed by atoms with Crippen molar-refractivity contribution in [2.75, 3.05) is 11.5 Å². The number of hydrogen-bond acceptors (Lipinski definition) is 2. The molecule has 0 saturated carbocycles. The van der Waals surface area contributed by atoms with Crippen molar-refractivity contribution >= 4 is 41.8 Å². The Labute approximate surface area is 58.4 Å². The molecule has 0 N–H and O–H groups in total. The average molecular weight is 225 g/mol. The molecular formula is C3H6S2Sn. The minimum atomic E-state index is 1.05. The van der Waals surface area contributed by atoms with Gasteiger partial charge in [0.1, 0.15) is 0 Å². The van der Waals surface area contributed by atoms with Gasteiger partial charge >= 0.3 is 58.6 Å². The van der Waals surface area contributed by atoms with Crippen molar-refractivity contribution in [2.24, 2.45) is 0 Å². The van der Waals surface area contributed by atoms with Crippen molar-refractivity contribution < 1.29 is 0 Å². The fraction of sp³-hybridized carbons (Fsp3) is 1.00. The van der Waals surface area contributed by atoms with E-state index in [1.54, 1.807) is 0 Å². The molecule has 0 aromatic rings. The van der Waals surface area contributed by atoms with Gasteiger partial charge in [0.25, 0.3) is 0 Å². The van der Waals surface area contributed by atoms with Crippen LogP contribution >= 0.6 is 20.7 Å². The van der Waals surface area contributed by atoms with Gasteiger partial charge in [-0.15, -0.1) is 0 Å². The molecule has 0 nitrogen and oxygen atoms in total. The zero-order chi connectivity index (χ0) is 4.41. The van der Waals surface area contributed by atoms with Crippen molar-refractivity contribution in [1.82, 2.24) is 0 Å². The molecule has 0 amide bonds. The molecule has 0 aromatic carbocycles. The van der Waals surface area contributed by atoms with Crippen LogP contribution in [0.5, 0.6) is 0 Å². The second kappa shape index (κ2) is 2.72. The van der Waals surface area contributed by atoms with Gasteiger partial charge < -0.3 is 0 Å².